The number of pyridine rings is 1. The molecule has 4 aromatic rings. The van der Waals surface area contributed by atoms with Crippen molar-refractivity contribution in [2.75, 3.05) is 0 Å². The van der Waals surface area contributed by atoms with E-state index in [1.54, 1.807) is 4.57 Å². The predicted molar refractivity (Wildman–Crippen MR) is 129 cm³/mol. The molecule has 2 aromatic carbocycles. The fourth-order valence-electron chi connectivity index (χ4n) is 4.97. The Hall–Kier alpha value is -3.69. The van der Waals surface area contributed by atoms with Gasteiger partial charge in [0.25, 0.3) is 5.56 Å². The van der Waals surface area contributed by atoms with Crippen LogP contribution in [0, 0.1) is 11.3 Å². The summed E-state index contributed by atoms with van der Waals surface area (Å²) in [6.45, 7) is 0.936. The Morgan fingerprint density at radius 3 is 2.61 bits per heavy atom. The quantitative estimate of drug-likeness (QED) is 0.508. The normalized spacial score (nSPS) is 18.3. The van der Waals surface area contributed by atoms with E-state index in [0.29, 0.717) is 29.7 Å². The first-order valence-corrected chi connectivity index (χ1v) is 11.5. The first-order chi connectivity index (χ1) is 16.1. The van der Waals surface area contributed by atoms with Crippen LogP contribution in [0.3, 0.4) is 0 Å². The van der Waals surface area contributed by atoms with E-state index in [4.69, 9.17) is 10.7 Å². The molecule has 0 radical (unpaired) electrons. The summed E-state index contributed by atoms with van der Waals surface area (Å²) in [5.74, 6) is 1.11. The van der Waals surface area contributed by atoms with E-state index in [2.05, 4.69) is 6.07 Å². The Morgan fingerprint density at radius 1 is 1.03 bits per heavy atom. The van der Waals surface area contributed by atoms with Crippen molar-refractivity contribution < 1.29 is 0 Å². The molecule has 166 valence electrons. The van der Waals surface area contributed by atoms with Crippen LogP contribution in [-0.4, -0.2) is 20.2 Å². The molecule has 2 aromatic heterocycles. The first-order valence-electron chi connectivity index (χ1n) is 11.5. The van der Waals surface area contributed by atoms with Gasteiger partial charge in [0.15, 0.2) is 0 Å². The highest BCUT2D eigenvalue weighted by molar-refractivity contribution is 5.75. The molecule has 0 spiro atoms. The van der Waals surface area contributed by atoms with Crippen LogP contribution in [0.4, 0.5) is 0 Å². The third-order valence-electron chi connectivity index (χ3n) is 6.64. The lowest BCUT2D eigenvalue weighted by Crippen LogP contribution is -2.28. The van der Waals surface area contributed by atoms with Crippen LogP contribution in [0.1, 0.15) is 54.1 Å². The lowest BCUT2D eigenvalue weighted by molar-refractivity contribution is 0.376. The summed E-state index contributed by atoms with van der Waals surface area (Å²) in [4.78, 5) is 18.6. The minimum absolute atomic E-state index is 0.0651. The number of rotatable bonds is 5. The van der Waals surface area contributed by atoms with Crippen molar-refractivity contribution >= 4 is 11.0 Å². The molecule has 1 fully saturated rings. The summed E-state index contributed by atoms with van der Waals surface area (Å²) < 4.78 is 3.78. The van der Waals surface area contributed by atoms with Crippen molar-refractivity contribution in [3.05, 3.63) is 99.7 Å². The number of nitrogens with zero attached hydrogens (tertiary/aromatic N) is 4. The zero-order valence-electron chi connectivity index (χ0n) is 18.5. The molecule has 6 nitrogen and oxygen atoms in total. The number of aromatic nitrogens is 3. The molecule has 2 atom stereocenters. The summed E-state index contributed by atoms with van der Waals surface area (Å²) in [5.41, 5.74) is 10.1. The van der Waals surface area contributed by atoms with Gasteiger partial charge in [0, 0.05) is 18.2 Å². The lowest BCUT2D eigenvalue weighted by Gasteiger charge is -2.26. The van der Waals surface area contributed by atoms with Gasteiger partial charge in [-0.2, -0.15) is 5.26 Å². The van der Waals surface area contributed by atoms with Crippen LogP contribution < -0.4 is 11.3 Å². The van der Waals surface area contributed by atoms with Crippen molar-refractivity contribution in [1.82, 2.24) is 14.1 Å². The van der Waals surface area contributed by atoms with Gasteiger partial charge in [-0.05, 0) is 42.5 Å². The monoisotopic (exact) mass is 437 g/mol. The highest BCUT2D eigenvalue weighted by atomic mass is 16.1. The third kappa shape index (κ3) is 4.20. The van der Waals surface area contributed by atoms with E-state index in [1.165, 1.54) is 0 Å². The number of imidazole rings is 1. The molecule has 33 heavy (non-hydrogen) atoms. The lowest BCUT2D eigenvalue weighted by atomic mass is 9.85. The summed E-state index contributed by atoms with van der Waals surface area (Å²) >= 11 is 0. The van der Waals surface area contributed by atoms with Gasteiger partial charge in [-0.1, -0.05) is 55.0 Å². The van der Waals surface area contributed by atoms with Gasteiger partial charge in [-0.15, -0.1) is 0 Å². The van der Waals surface area contributed by atoms with Crippen molar-refractivity contribution in [2.24, 2.45) is 5.73 Å². The number of nitriles is 1. The van der Waals surface area contributed by atoms with E-state index in [1.807, 2.05) is 71.4 Å². The maximum absolute atomic E-state index is 13.7. The van der Waals surface area contributed by atoms with Crippen molar-refractivity contribution in [2.45, 2.75) is 50.7 Å². The van der Waals surface area contributed by atoms with Gasteiger partial charge >= 0.3 is 0 Å². The standard InChI is InChI=1S/C27H27N5O/c28-16-21-9-4-5-10-22(21)18-32-25-24(30-26(32)20-11-6-12-23(29)15-20)13-14-31(27(25)33)17-19-7-2-1-3-8-19/h1-5,7-10,13-14,20,23H,6,11-12,15,17-18,29H2. The number of fused-ring (bicyclic) bond motifs is 1. The van der Waals surface area contributed by atoms with Crippen molar-refractivity contribution in [1.29, 1.82) is 5.26 Å². The van der Waals surface area contributed by atoms with Gasteiger partial charge in [-0.25, -0.2) is 4.98 Å². The molecule has 0 bridgehead atoms. The molecule has 1 aliphatic rings. The van der Waals surface area contributed by atoms with E-state index < -0.39 is 0 Å². The molecule has 2 unspecified atom stereocenters. The SMILES string of the molecule is N#Cc1ccccc1Cn1c(C2CCCC(N)C2)nc2ccn(Cc3ccccc3)c(=O)c21. The van der Waals surface area contributed by atoms with Gasteiger partial charge in [0.2, 0.25) is 0 Å². The Kier molecular flexibility index (Phi) is 5.80. The number of nitrogens with two attached hydrogens (primary N) is 1. The molecule has 2 N–H and O–H groups in total. The maximum Gasteiger partial charge on any atom is 0.277 e. The highest BCUT2D eigenvalue weighted by Crippen LogP contribution is 2.33. The van der Waals surface area contributed by atoms with Crippen LogP contribution in [0.15, 0.2) is 71.7 Å². The summed E-state index contributed by atoms with van der Waals surface area (Å²) in [5, 5.41) is 9.62. The minimum Gasteiger partial charge on any atom is -0.328 e. The largest absolute Gasteiger partial charge is 0.328 e. The van der Waals surface area contributed by atoms with Gasteiger partial charge in [-0.3, -0.25) is 4.79 Å². The zero-order valence-corrected chi connectivity index (χ0v) is 18.5. The number of hydrogen-bond donors (Lipinski definition) is 1. The number of benzene rings is 2. The Morgan fingerprint density at radius 2 is 1.82 bits per heavy atom. The van der Waals surface area contributed by atoms with Gasteiger partial charge < -0.3 is 14.9 Å². The third-order valence-corrected chi connectivity index (χ3v) is 6.64. The van der Waals surface area contributed by atoms with E-state index >= 15 is 0 Å². The van der Waals surface area contributed by atoms with Crippen LogP contribution in [0.5, 0.6) is 0 Å². The van der Waals surface area contributed by atoms with Crippen LogP contribution in [0.25, 0.3) is 11.0 Å². The van der Waals surface area contributed by atoms with E-state index in [-0.39, 0.29) is 17.5 Å². The second-order valence-electron chi connectivity index (χ2n) is 8.92. The maximum atomic E-state index is 13.7. The average molecular weight is 438 g/mol. The van der Waals surface area contributed by atoms with Crippen molar-refractivity contribution in [3.8, 4) is 6.07 Å². The highest BCUT2D eigenvalue weighted by Gasteiger charge is 2.27. The molecule has 0 saturated heterocycles. The van der Waals surface area contributed by atoms with Crippen LogP contribution >= 0.6 is 0 Å². The second-order valence-corrected chi connectivity index (χ2v) is 8.92. The fourth-order valence-corrected chi connectivity index (χ4v) is 4.97. The van der Waals surface area contributed by atoms with Crippen LogP contribution in [0.2, 0.25) is 0 Å². The first kappa shape index (κ1) is 21.2. The van der Waals surface area contributed by atoms with E-state index in [9.17, 15) is 10.1 Å². The topological polar surface area (TPSA) is 89.6 Å². The Bertz CT molecular complexity index is 1380. The fraction of sp³-hybridized carbons (Fsp3) is 0.296. The average Bonchev–Trinajstić information content (AvgIpc) is 3.21. The predicted octanol–water partition coefficient (Wildman–Crippen LogP) is 4.15. The molecule has 1 saturated carbocycles. The molecule has 0 amide bonds. The van der Waals surface area contributed by atoms with Crippen LogP contribution in [-0.2, 0) is 13.1 Å². The van der Waals surface area contributed by atoms with Crippen molar-refractivity contribution in [3.63, 3.8) is 0 Å². The molecule has 5 rings (SSSR count). The smallest absolute Gasteiger partial charge is 0.277 e. The molecular weight excluding hydrogens is 410 g/mol. The van der Waals surface area contributed by atoms with E-state index in [0.717, 1.165) is 42.6 Å². The molecule has 2 heterocycles. The molecular formula is C27H27N5O. The molecule has 6 heteroatoms. The Labute approximate surface area is 192 Å². The minimum atomic E-state index is -0.0651. The Balaban J connectivity index is 1.66. The molecule has 0 aliphatic heterocycles. The number of hydrogen-bond acceptors (Lipinski definition) is 4. The van der Waals surface area contributed by atoms with Gasteiger partial charge in [0.1, 0.15) is 11.3 Å². The summed E-state index contributed by atoms with van der Waals surface area (Å²) in [7, 11) is 0. The zero-order chi connectivity index (χ0) is 22.8. The van der Waals surface area contributed by atoms with Gasteiger partial charge in [0.05, 0.1) is 30.2 Å². The summed E-state index contributed by atoms with van der Waals surface area (Å²) in [6.07, 6.45) is 5.78. The molecule has 1 aliphatic carbocycles. The summed E-state index contributed by atoms with van der Waals surface area (Å²) in [6, 6.07) is 21.9. The second kappa shape index (κ2) is 9.05.